The van der Waals surface area contributed by atoms with Gasteiger partial charge in [0, 0.05) is 15.9 Å². The van der Waals surface area contributed by atoms with Crippen LogP contribution in [0.5, 0.6) is 0 Å². The first kappa shape index (κ1) is 20.7. The highest BCUT2D eigenvalue weighted by atomic mass is 79.9. The fraction of sp³-hybridized carbons (Fsp3) is 0.227. The number of hydrogen-bond donors (Lipinski definition) is 2. The van der Waals surface area contributed by atoms with Gasteiger partial charge in [0.2, 0.25) is 11.1 Å². The van der Waals surface area contributed by atoms with Gasteiger partial charge in [-0.3, -0.25) is 4.79 Å². The Morgan fingerprint density at radius 2 is 1.90 bits per heavy atom. The van der Waals surface area contributed by atoms with E-state index in [-0.39, 0.29) is 11.9 Å². The summed E-state index contributed by atoms with van der Waals surface area (Å²) in [5.41, 5.74) is 5.32. The average molecular weight is 484 g/mol. The fourth-order valence-electron chi connectivity index (χ4n) is 3.61. The summed E-state index contributed by atoms with van der Waals surface area (Å²) in [5, 5.41) is 11.6. The molecule has 6 nitrogen and oxygen atoms in total. The van der Waals surface area contributed by atoms with Gasteiger partial charge in [-0.2, -0.15) is 4.98 Å². The number of aromatic nitrogens is 3. The Balaban J connectivity index is 1.78. The lowest BCUT2D eigenvalue weighted by atomic mass is 9.95. The Morgan fingerprint density at radius 3 is 2.57 bits per heavy atom. The highest BCUT2D eigenvalue weighted by Gasteiger charge is 2.34. The molecule has 0 spiro atoms. The lowest BCUT2D eigenvalue weighted by Crippen LogP contribution is -2.31. The number of thioether (sulfide) groups is 1. The summed E-state index contributed by atoms with van der Waals surface area (Å²) in [6.45, 7) is 5.94. The van der Waals surface area contributed by atoms with Crippen LogP contribution in [0.3, 0.4) is 0 Å². The molecule has 8 heteroatoms. The zero-order valence-electron chi connectivity index (χ0n) is 17.2. The molecule has 154 valence electrons. The van der Waals surface area contributed by atoms with Gasteiger partial charge in [0.05, 0.1) is 5.57 Å². The monoisotopic (exact) mass is 483 g/mol. The van der Waals surface area contributed by atoms with Crippen LogP contribution >= 0.6 is 27.7 Å². The van der Waals surface area contributed by atoms with Crippen LogP contribution < -0.4 is 10.6 Å². The van der Waals surface area contributed by atoms with Crippen molar-refractivity contribution >= 4 is 45.2 Å². The molecule has 1 atom stereocenters. The molecule has 0 bridgehead atoms. The quantitative estimate of drug-likeness (QED) is 0.492. The van der Waals surface area contributed by atoms with E-state index in [9.17, 15) is 4.79 Å². The van der Waals surface area contributed by atoms with Crippen LogP contribution in [0.4, 0.5) is 11.6 Å². The number of hydrogen-bond acceptors (Lipinski definition) is 5. The molecule has 2 heterocycles. The molecule has 3 aromatic rings. The van der Waals surface area contributed by atoms with E-state index in [1.54, 1.807) is 4.68 Å². The summed E-state index contributed by atoms with van der Waals surface area (Å²) in [6.07, 6.45) is 1.93. The van der Waals surface area contributed by atoms with Crippen LogP contribution in [-0.2, 0) is 4.79 Å². The second-order valence-corrected chi connectivity index (χ2v) is 8.95. The second-order valence-electron chi connectivity index (χ2n) is 7.26. The van der Waals surface area contributed by atoms with Crippen molar-refractivity contribution in [3.63, 3.8) is 0 Å². The molecule has 1 aliphatic rings. The van der Waals surface area contributed by atoms with Crippen molar-refractivity contribution < 1.29 is 4.79 Å². The first-order chi connectivity index (χ1) is 14.4. The normalized spacial score (nSPS) is 15.6. The second kappa shape index (κ2) is 8.28. The van der Waals surface area contributed by atoms with E-state index in [4.69, 9.17) is 0 Å². The zero-order valence-corrected chi connectivity index (χ0v) is 19.6. The summed E-state index contributed by atoms with van der Waals surface area (Å²) in [7, 11) is 0. The van der Waals surface area contributed by atoms with Crippen molar-refractivity contribution in [3.05, 3.63) is 74.9 Å². The Morgan fingerprint density at radius 1 is 1.17 bits per heavy atom. The number of aryl methyl sites for hydroxylation is 2. The summed E-state index contributed by atoms with van der Waals surface area (Å²) < 4.78 is 2.77. The van der Waals surface area contributed by atoms with Gasteiger partial charge in [0.15, 0.2) is 0 Å². The van der Waals surface area contributed by atoms with E-state index in [1.807, 2.05) is 63.4 Å². The molecule has 0 saturated carbocycles. The zero-order chi connectivity index (χ0) is 21.4. The largest absolute Gasteiger partial charge is 0.328 e. The van der Waals surface area contributed by atoms with Crippen LogP contribution in [-0.4, -0.2) is 26.9 Å². The smallest absolute Gasteiger partial charge is 0.255 e. The first-order valence-corrected chi connectivity index (χ1v) is 11.5. The molecule has 0 radical (unpaired) electrons. The van der Waals surface area contributed by atoms with Crippen molar-refractivity contribution in [3.8, 4) is 0 Å². The Labute approximate surface area is 188 Å². The number of halogens is 1. The molecule has 0 saturated heterocycles. The van der Waals surface area contributed by atoms with Gasteiger partial charge in [0.1, 0.15) is 6.04 Å². The van der Waals surface area contributed by atoms with Crippen molar-refractivity contribution in [2.75, 3.05) is 16.9 Å². The highest BCUT2D eigenvalue weighted by Crippen LogP contribution is 2.37. The lowest BCUT2D eigenvalue weighted by molar-refractivity contribution is -0.113. The maximum absolute atomic E-state index is 13.5. The van der Waals surface area contributed by atoms with Crippen LogP contribution in [0.1, 0.15) is 29.7 Å². The molecular formula is C22H22BrN5OS. The minimum absolute atomic E-state index is 0.160. The number of benzene rings is 2. The molecule has 4 rings (SSSR count). The molecule has 0 fully saturated rings. The highest BCUT2D eigenvalue weighted by molar-refractivity contribution is 9.10. The van der Waals surface area contributed by atoms with E-state index in [2.05, 4.69) is 42.7 Å². The molecule has 2 N–H and O–H groups in total. The van der Waals surface area contributed by atoms with Gasteiger partial charge in [-0.05, 0) is 56.4 Å². The Kier molecular flexibility index (Phi) is 5.71. The lowest BCUT2D eigenvalue weighted by Gasteiger charge is -2.29. The van der Waals surface area contributed by atoms with Crippen molar-refractivity contribution in [2.45, 2.75) is 32.0 Å². The standard InChI is InChI=1S/C22H22BrN5OS/c1-12-5-10-17(13(2)11-12)25-20(29)18-14(3)24-21-26-22(30-4)27-28(21)19(18)15-6-8-16(23)9-7-15/h5-11,19H,1-4H3,(H,25,29)(H,24,26,27). The van der Waals surface area contributed by atoms with Crippen LogP contribution in [0.25, 0.3) is 0 Å². The van der Waals surface area contributed by atoms with Crippen molar-refractivity contribution in [1.82, 2.24) is 14.8 Å². The number of carbonyl (C=O) groups is 1. The van der Waals surface area contributed by atoms with E-state index in [1.165, 1.54) is 11.8 Å². The molecule has 1 aromatic heterocycles. The van der Waals surface area contributed by atoms with E-state index < -0.39 is 0 Å². The molecular weight excluding hydrogens is 462 g/mol. The maximum atomic E-state index is 13.5. The van der Waals surface area contributed by atoms with Gasteiger partial charge < -0.3 is 10.6 Å². The molecule has 1 amide bonds. The summed E-state index contributed by atoms with van der Waals surface area (Å²) in [5.74, 6) is 0.472. The predicted octanol–water partition coefficient (Wildman–Crippen LogP) is 5.31. The number of carbonyl (C=O) groups excluding carboxylic acids is 1. The third-order valence-corrected chi connectivity index (χ3v) is 6.14. The molecule has 1 aliphatic heterocycles. The number of nitrogens with zero attached hydrogens (tertiary/aromatic N) is 3. The number of fused-ring (bicyclic) bond motifs is 1. The number of allylic oxidation sites excluding steroid dienone is 1. The van der Waals surface area contributed by atoms with Gasteiger partial charge in [-0.25, -0.2) is 4.68 Å². The van der Waals surface area contributed by atoms with Crippen LogP contribution in [0.2, 0.25) is 0 Å². The number of amides is 1. The summed E-state index contributed by atoms with van der Waals surface area (Å²) >= 11 is 4.96. The number of nitrogens with one attached hydrogen (secondary N) is 2. The SMILES string of the molecule is CSc1nc2n(n1)C(c1ccc(Br)cc1)C(C(=O)Nc1ccc(C)cc1C)=C(C)N2. The van der Waals surface area contributed by atoms with Crippen LogP contribution in [0.15, 0.2) is 63.4 Å². The number of rotatable bonds is 4. The molecule has 2 aromatic carbocycles. The molecule has 1 unspecified atom stereocenters. The predicted molar refractivity (Wildman–Crippen MR) is 125 cm³/mol. The third-order valence-electron chi connectivity index (χ3n) is 5.08. The number of anilines is 2. The van der Waals surface area contributed by atoms with Gasteiger partial charge in [0.25, 0.3) is 5.91 Å². The molecule has 30 heavy (non-hydrogen) atoms. The summed E-state index contributed by atoms with van der Waals surface area (Å²) in [6, 6.07) is 13.6. The minimum atomic E-state index is -0.381. The van der Waals surface area contributed by atoms with Crippen LogP contribution in [0, 0.1) is 13.8 Å². The van der Waals surface area contributed by atoms with E-state index in [0.717, 1.165) is 32.5 Å². The van der Waals surface area contributed by atoms with Gasteiger partial charge in [-0.15, -0.1) is 5.10 Å². The Bertz CT molecular complexity index is 1150. The first-order valence-electron chi connectivity index (χ1n) is 9.49. The van der Waals surface area contributed by atoms with Gasteiger partial charge >= 0.3 is 0 Å². The summed E-state index contributed by atoms with van der Waals surface area (Å²) in [4.78, 5) is 18.0. The van der Waals surface area contributed by atoms with Gasteiger partial charge in [-0.1, -0.05) is 57.5 Å². The minimum Gasteiger partial charge on any atom is -0.328 e. The maximum Gasteiger partial charge on any atom is 0.255 e. The third kappa shape index (κ3) is 3.89. The van der Waals surface area contributed by atoms with E-state index in [0.29, 0.717) is 16.7 Å². The topological polar surface area (TPSA) is 71.8 Å². The Hall–Kier alpha value is -2.58. The van der Waals surface area contributed by atoms with Crippen molar-refractivity contribution in [2.24, 2.45) is 0 Å². The fourth-order valence-corrected chi connectivity index (χ4v) is 4.22. The molecule has 0 aliphatic carbocycles. The average Bonchev–Trinajstić information content (AvgIpc) is 3.12. The van der Waals surface area contributed by atoms with Crippen molar-refractivity contribution in [1.29, 1.82) is 0 Å². The van der Waals surface area contributed by atoms with E-state index >= 15 is 0 Å².